The van der Waals surface area contributed by atoms with Crippen LogP contribution in [0.1, 0.15) is 11.1 Å². The first-order chi connectivity index (χ1) is 13.3. The molecular weight excluding hydrogens is 444 g/mol. The number of ether oxygens (including phenoxy) is 1. The van der Waals surface area contributed by atoms with Crippen LogP contribution in [-0.4, -0.2) is 46.4 Å². The molecule has 0 aliphatic carbocycles. The summed E-state index contributed by atoms with van der Waals surface area (Å²) in [5.41, 5.74) is 3.23. The molecule has 0 aromatic heterocycles. The summed E-state index contributed by atoms with van der Waals surface area (Å²) in [7, 11) is -3.56. The predicted molar refractivity (Wildman–Crippen MR) is 114 cm³/mol. The third kappa shape index (κ3) is 5.80. The molecule has 1 aliphatic rings. The minimum atomic E-state index is -3.56. The first kappa shape index (κ1) is 20.8. The Hall–Kier alpha value is -1.90. The summed E-state index contributed by atoms with van der Waals surface area (Å²) >= 11 is 3.32. The van der Waals surface area contributed by atoms with Crippen molar-refractivity contribution in [3.8, 4) is 0 Å². The Kier molecular flexibility index (Phi) is 6.74. The molecule has 0 saturated carbocycles. The Morgan fingerprint density at radius 2 is 1.93 bits per heavy atom. The van der Waals surface area contributed by atoms with Gasteiger partial charge >= 0.3 is 0 Å². The van der Waals surface area contributed by atoms with Crippen LogP contribution in [0.5, 0.6) is 0 Å². The molecule has 0 radical (unpaired) electrons. The Morgan fingerprint density at radius 3 is 2.61 bits per heavy atom. The molecule has 0 atom stereocenters. The maximum absolute atomic E-state index is 12.4. The minimum Gasteiger partial charge on any atom is -0.378 e. The van der Waals surface area contributed by atoms with E-state index in [4.69, 9.17) is 4.74 Å². The third-order valence-corrected chi connectivity index (χ3v) is 6.46. The van der Waals surface area contributed by atoms with Crippen LogP contribution < -0.4 is 10.2 Å². The lowest BCUT2D eigenvalue weighted by atomic mass is 10.1. The van der Waals surface area contributed by atoms with E-state index in [1.165, 1.54) is 0 Å². The summed E-state index contributed by atoms with van der Waals surface area (Å²) in [6.45, 7) is 4.97. The highest BCUT2D eigenvalue weighted by Gasteiger charge is 2.19. The van der Waals surface area contributed by atoms with Gasteiger partial charge in [0.1, 0.15) is 5.75 Å². The Morgan fingerprint density at radius 1 is 1.18 bits per heavy atom. The summed E-state index contributed by atoms with van der Waals surface area (Å²) in [4.78, 5) is 14.5. The van der Waals surface area contributed by atoms with Gasteiger partial charge in [0.25, 0.3) is 0 Å². The number of carbonyl (C=O) groups is 1. The molecule has 2 aromatic rings. The predicted octanol–water partition coefficient (Wildman–Crippen LogP) is 3.15. The van der Waals surface area contributed by atoms with E-state index in [0.29, 0.717) is 24.5 Å². The highest BCUT2D eigenvalue weighted by molar-refractivity contribution is 9.10. The lowest BCUT2D eigenvalue weighted by Gasteiger charge is -2.29. The number of hydrogen-bond acceptors (Lipinski definition) is 5. The van der Waals surface area contributed by atoms with Gasteiger partial charge in [-0.15, -0.1) is 0 Å². The molecule has 0 bridgehead atoms. The first-order valence-corrected chi connectivity index (χ1v) is 11.6. The highest BCUT2D eigenvalue weighted by Crippen LogP contribution is 2.23. The van der Waals surface area contributed by atoms with Crippen molar-refractivity contribution in [1.82, 2.24) is 0 Å². The molecule has 1 aliphatic heterocycles. The van der Waals surface area contributed by atoms with E-state index in [0.717, 1.165) is 28.8 Å². The zero-order valence-corrected chi connectivity index (χ0v) is 18.1. The average Bonchev–Trinajstić information content (AvgIpc) is 2.63. The van der Waals surface area contributed by atoms with Gasteiger partial charge in [0.05, 0.1) is 19.0 Å². The summed E-state index contributed by atoms with van der Waals surface area (Å²) in [6, 6.07) is 12.8. The lowest BCUT2D eigenvalue weighted by Crippen LogP contribution is -2.36. The fraction of sp³-hybridized carbons (Fsp3) is 0.350. The number of nitrogens with zero attached hydrogens (tertiary/aromatic N) is 1. The van der Waals surface area contributed by atoms with Gasteiger partial charge < -0.3 is 15.0 Å². The van der Waals surface area contributed by atoms with Crippen LogP contribution in [0.15, 0.2) is 46.9 Å². The van der Waals surface area contributed by atoms with Crippen LogP contribution in [0.2, 0.25) is 0 Å². The molecular formula is C20H23BrN2O4S. The fourth-order valence-corrected chi connectivity index (χ4v) is 4.83. The molecule has 28 heavy (non-hydrogen) atoms. The van der Waals surface area contributed by atoms with E-state index in [1.807, 2.05) is 31.2 Å². The second-order valence-corrected chi connectivity index (χ2v) is 9.79. The van der Waals surface area contributed by atoms with Crippen LogP contribution >= 0.6 is 15.9 Å². The number of rotatable bonds is 6. The first-order valence-electron chi connectivity index (χ1n) is 9.00. The number of carbonyl (C=O) groups excluding carboxylic acids is 1. The van der Waals surface area contributed by atoms with E-state index in [1.54, 1.807) is 18.2 Å². The number of benzene rings is 2. The van der Waals surface area contributed by atoms with Crippen LogP contribution in [0.25, 0.3) is 0 Å². The van der Waals surface area contributed by atoms with Gasteiger partial charge in [-0.25, -0.2) is 8.42 Å². The summed E-state index contributed by atoms with van der Waals surface area (Å²) in [6.07, 6.45) is 0. The highest BCUT2D eigenvalue weighted by atomic mass is 79.9. The second kappa shape index (κ2) is 9.07. The maximum Gasteiger partial charge on any atom is 0.239 e. The smallest absolute Gasteiger partial charge is 0.239 e. The number of sulfone groups is 1. The molecule has 8 heteroatoms. The van der Waals surface area contributed by atoms with Gasteiger partial charge in [0.15, 0.2) is 9.84 Å². The quantitative estimate of drug-likeness (QED) is 0.707. The van der Waals surface area contributed by atoms with E-state index in [9.17, 15) is 13.2 Å². The molecule has 2 aromatic carbocycles. The standard InChI is InChI=1S/C20H23BrN2O4S/c1-15-11-18(23-7-9-27-10-8-23)5-6-19(15)22-20(24)14-28(25,26)13-16-3-2-4-17(21)12-16/h2-6,11-12H,7-10,13-14H2,1H3,(H,22,24). The SMILES string of the molecule is Cc1cc(N2CCOCC2)ccc1NC(=O)CS(=O)(=O)Cc1cccc(Br)c1. The Labute approximate surface area is 173 Å². The molecule has 1 fully saturated rings. The number of anilines is 2. The van der Waals surface area contributed by atoms with Crippen molar-refractivity contribution in [2.75, 3.05) is 42.3 Å². The van der Waals surface area contributed by atoms with Gasteiger partial charge in [-0.05, 0) is 48.4 Å². The maximum atomic E-state index is 12.4. The molecule has 1 N–H and O–H groups in total. The molecule has 3 rings (SSSR count). The van der Waals surface area contributed by atoms with Crippen LogP contribution in [0, 0.1) is 6.92 Å². The van der Waals surface area contributed by atoms with Crippen molar-refractivity contribution >= 4 is 43.0 Å². The van der Waals surface area contributed by atoms with E-state index >= 15 is 0 Å². The Balaban J connectivity index is 1.62. The van der Waals surface area contributed by atoms with Gasteiger partial charge in [-0.1, -0.05) is 28.1 Å². The van der Waals surface area contributed by atoms with Gasteiger partial charge in [0.2, 0.25) is 5.91 Å². The molecule has 1 amide bonds. The van der Waals surface area contributed by atoms with Crippen molar-refractivity contribution in [3.63, 3.8) is 0 Å². The van der Waals surface area contributed by atoms with E-state index in [2.05, 4.69) is 26.1 Å². The minimum absolute atomic E-state index is 0.172. The van der Waals surface area contributed by atoms with Crippen LogP contribution in [0.3, 0.4) is 0 Å². The molecule has 1 heterocycles. The number of hydrogen-bond donors (Lipinski definition) is 1. The van der Waals surface area contributed by atoms with Crippen LogP contribution in [0.4, 0.5) is 11.4 Å². The lowest BCUT2D eigenvalue weighted by molar-refractivity contribution is -0.113. The summed E-state index contributed by atoms with van der Waals surface area (Å²) in [5, 5.41) is 2.72. The number of morpholine rings is 1. The zero-order chi connectivity index (χ0) is 20.1. The molecule has 6 nitrogen and oxygen atoms in total. The van der Waals surface area contributed by atoms with Crippen LogP contribution in [-0.2, 0) is 25.1 Å². The van der Waals surface area contributed by atoms with Crippen molar-refractivity contribution in [3.05, 3.63) is 58.1 Å². The molecule has 0 unspecified atom stereocenters. The third-order valence-electron chi connectivity index (χ3n) is 4.49. The van der Waals surface area contributed by atoms with Crippen molar-refractivity contribution in [2.45, 2.75) is 12.7 Å². The number of aryl methyl sites for hydroxylation is 1. The van der Waals surface area contributed by atoms with E-state index in [-0.39, 0.29) is 5.75 Å². The fourth-order valence-electron chi connectivity index (χ4n) is 3.12. The van der Waals surface area contributed by atoms with Gasteiger partial charge in [-0.2, -0.15) is 0 Å². The zero-order valence-electron chi connectivity index (χ0n) is 15.7. The number of amides is 1. The average molecular weight is 467 g/mol. The number of halogens is 1. The van der Waals surface area contributed by atoms with Crippen molar-refractivity contribution in [1.29, 1.82) is 0 Å². The van der Waals surface area contributed by atoms with Crippen molar-refractivity contribution < 1.29 is 17.9 Å². The van der Waals surface area contributed by atoms with Gasteiger partial charge in [0, 0.05) is 28.9 Å². The topological polar surface area (TPSA) is 75.7 Å². The Bertz CT molecular complexity index is 956. The monoisotopic (exact) mass is 466 g/mol. The number of nitrogens with one attached hydrogen (secondary N) is 1. The molecule has 1 saturated heterocycles. The normalized spacial score (nSPS) is 14.7. The summed E-state index contributed by atoms with van der Waals surface area (Å²) < 4.78 is 30.9. The molecule has 150 valence electrons. The largest absolute Gasteiger partial charge is 0.378 e. The second-order valence-electron chi connectivity index (χ2n) is 6.81. The van der Waals surface area contributed by atoms with Crippen molar-refractivity contribution in [2.24, 2.45) is 0 Å². The molecule has 0 spiro atoms. The summed E-state index contributed by atoms with van der Waals surface area (Å²) in [5.74, 6) is -1.25. The van der Waals surface area contributed by atoms with E-state index < -0.39 is 21.5 Å². The van der Waals surface area contributed by atoms with Gasteiger partial charge in [-0.3, -0.25) is 4.79 Å².